The number of rotatable bonds is 4. The van der Waals surface area contributed by atoms with Crippen molar-refractivity contribution in [1.82, 2.24) is 4.98 Å². The summed E-state index contributed by atoms with van der Waals surface area (Å²) >= 11 is 0. The normalized spacial score (nSPS) is 10.0. The number of amides is 1. The number of ether oxygens (including phenoxy) is 1. The van der Waals surface area contributed by atoms with E-state index in [4.69, 9.17) is 4.74 Å². The van der Waals surface area contributed by atoms with E-state index in [9.17, 15) is 9.59 Å². The average molecular weight is 318 g/mol. The molecule has 5 nitrogen and oxygen atoms in total. The molecule has 0 atom stereocenters. The van der Waals surface area contributed by atoms with Crippen LogP contribution in [0.25, 0.3) is 0 Å². The second-order valence-electron chi connectivity index (χ2n) is 4.98. The molecule has 3 aromatic rings. The lowest BCUT2D eigenvalue weighted by atomic mass is 10.2. The molecule has 0 fully saturated rings. The van der Waals surface area contributed by atoms with Crippen LogP contribution in [0.4, 0.5) is 5.69 Å². The van der Waals surface area contributed by atoms with Crippen molar-refractivity contribution in [3.63, 3.8) is 0 Å². The fourth-order valence-electron chi connectivity index (χ4n) is 2.05. The number of aromatic nitrogens is 1. The first-order valence-corrected chi connectivity index (χ1v) is 7.31. The van der Waals surface area contributed by atoms with Crippen molar-refractivity contribution >= 4 is 17.6 Å². The lowest BCUT2D eigenvalue weighted by Gasteiger charge is -2.07. The van der Waals surface area contributed by atoms with Gasteiger partial charge in [0.25, 0.3) is 5.91 Å². The van der Waals surface area contributed by atoms with Crippen LogP contribution < -0.4 is 10.1 Å². The van der Waals surface area contributed by atoms with E-state index >= 15 is 0 Å². The first-order chi connectivity index (χ1) is 11.7. The third kappa shape index (κ3) is 3.84. The van der Waals surface area contributed by atoms with Crippen LogP contribution >= 0.6 is 0 Å². The van der Waals surface area contributed by atoms with Gasteiger partial charge in [-0.2, -0.15) is 0 Å². The summed E-state index contributed by atoms with van der Waals surface area (Å²) in [5.74, 6) is -0.290. The largest absolute Gasteiger partial charge is 0.423 e. The van der Waals surface area contributed by atoms with Crippen molar-refractivity contribution in [3.05, 3.63) is 90.3 Å². The quantitative estimate of drug-likeness (QED) is 0.590. The molecule has 0 aliphatic carbocycles. The maximum Gasteiger partial charge on any atom is 0.345 e. The second kappa shape index (κ2) is 7.19. The van der Waals surface area contributed by atoms with Crippen molar-refractivity contribution in [3.8, 4) is 5.75 Å². The summed E-state index contributed by atoms with van der Waals surface area (Å²) in [5.41, 5.74) is 1.56. The van der Waals surface area contributed by atoms with Crippen LogP contribution in [0.15, 0.2) is 79.1 Å². The van der Waals surface area contributed by atoms with Crippen LogP contribution in [0, 0.1) is 0 Å². The van der Waals surface area contributed by atoms with Gasteiger partial charge >= 0.3 is 5.97 Å². The highest BCUT2D eigenvalue weighted by atomic mass is 16.5. The molecule has 0 aliphatic heterocycles. The van der Waals surface area contributed by atoms with Crippen molar-refractivity contribution in [2.24, 2.45) is 0 Å². The zero-order chi connectivity index (χ0) is 16.8. The maximum absolute atomic E-state index is 12.1. The van der Waals surface area contributed by atoms with E-state index in [-0.39, 0.29) is 5.91 Å². The number of hydrogen-bond acceptors (Lipinski definition) is 4. The lowest BCUT2D eigenvalue weighted by Crippen LogP contribution is -2.12. The SMILES string of the molecule is O=C(Nc1ccc(OC(=O)c2cccnc2)cc1)c1ccccc1. The van der Waals surface area contributed by atoms with Crippen molar-refractivity contribution in [2.45, 2.75) is 0 Å². The van der Waals surface area contributed by atoms with E-state index in [2.05, 4.69) is 10.3 Å². The van der Waals surface area contributed by atoms with E-state index in [0.29, 0.717) is 22.6 Å². The van der Waals surface area contributed by atoms with Crippen LogP contribution in [0.1, 0.15) is 20.7 Å². The molecule has 3 rings (SSSR count). The van der Waals surface area contributed by atoms with Gasteiger partial charge in [-0.1, -0.05) is 18.2 Å². The fourth-order valence-corrected chi connectivity index (χ4v) is 2.05. The van der Waals surface area contributed by atoms with Gasteiger partial charge in [0.05, 0.1) is 5.56 Å². The Kier molecular flexibility index (Phi) is 4.62. The van der Waals surface area contributed by atoms with E-state index < -0.39 is 5.97 Å². The number of anilines is 1. The van der Waals surface area contributed by atoms with E-state index in [0.717, 1.165) is 0 Å². The number of hydrogen-bond donors (Lipinski definition) is 1. The van der Waals surface area contributed by atoms with Crippen molar-refractivity contribution in [1.29, 1.82) is 0 Å². The van der Waals surface area contributed by atoms with Gasteiger partial charge in [0.1, 0.15) is 5.75 Å². The summed E-state index contributed by atoms with van der Waals surface area (Å²) in [7, 11) is 0. The van der Waals surface area contributed by atoms with Crippen LogP contribution in [-0.4, -0.2) is 16.9 Å². The molecule has 5 heteroatoms. The zero-order valence-corrected chi connectivity index (χ0v) is 12.7. The highest BCUT2D eigenvalue weighted by Gasteiger charge is 2.09. The molecule has 0 bridgehead atoms. The van der Waals surface area contributed by atoms with Crippen molar-refractivity contribution < 1.29 is 14.3 Å². The molecular weight excluding hydrogens is 304 g/mol. The molecule has 0 unspecified atom stereocenters. The third-order valence-corrected chi connectivity index (χ3v) is 3.26. The molecule has 0 radical (unpaired) electrons. The molecule has 0 spiro atoms. The van der Waals surface area contributed by atoms with Crippen molar-refractivity contribution in [2.75, 3.05) is 5.32 Å². The minimum atomic E-state index is -0.482. The number of esters is 1. The molecule has 2 aromatic carbocycles. The van der Waals surface area contributed by atoms with Gasteiger partial charge in [-0.3, -0.25) is 9.78 Å². The number of nitrogens with zero attached hydrogens (tertiary/aromatic N) is 1. The summed E-state index contributed by atoms with van der Waals surface area (Å²) in [6.45, 7) is 0. The van der Waals surface area contributed by atoms with Gasteiger partial charge in [0.15, 0.2) is 0 Å². The van der Waals surface area contributed by atoms with Gasteiger partial charge in [-0.25, -0.2) is 4.79 Å². The molecule has 0 saturated carbocycles. The fraction of sp³-hybridized carbons (Fsp3) is 0. The van der Waals surface area contributed by atoms with Gasteiger partial charge in [-0.15, -0.1) is 0 Å². The second-order valence-corrected chi connectivity index (χ2v) is 4.98. The summed E-state index contributed by atoms with van der Waals surface area (Å²) in [6, 6.07) is 18.8. The number of pyridine rings is 1. The van der Waals surface area contributed by atoms with Gasteiger partial charge in [0, 0.05) is 23.6 Å². The van der Waals surface area contributed by atoms with E-state index in [1.807, 2.05) is 6.07 Å². The summed E-state index contributed by atoms with van der Waals surface area (Å²) in [6.07, 6.45) is 3.03. The topological polar surface area (TPSA) is 68.3 Å². The molecule has 118 valence electrons. The Bertz CT molecular complexity index is 759. The van der Waals surface area contributed by atoms with Gasteiger partial charge in [0.2, 0.25) is 0 Å². The molecule has 0 saturated heterocycles. The van der Waals surface area contributed by atoms with E-state index in [1.165, 1.54) is 6.20 Å². The highest BCUT2D eigenvalue weighted by molar-refractivity contribution is 6.04. The Morgan fingerprint density at radius 3 is 2.21 bits per heavy atom. The molecule has 1 heterocycles. The Hall–Kier alpha value is -3.47. The first kappa shape index (κ1) is 15.4. The van der Waals surface area contributed by atoms with Crippen LogP contribution in [-0.2, 0) is 0 Å². The molecule has 0 aliphatic rings. The third-order valence-electron chi connectivity index (χ3n) is 3.26. The molecule has 1 amide bonds. The first-order valence-electron chi connectivity index (χ1n) is 7.31. The van der Waals surface area contributed by atoms with Crippen LogP contribution in [0.3, 0.4) is 0 Å². The molecular formula is C19H14N2O3. The molecule has 1 N–H and O–H groups in total. The minimum absolute atomic E-state index is 0.198. The minimum Gasteiger partial charge on any atom is -0.423 e. The lowest BCUT2D eigenvalue weighted by molar-refractivity contribution is 0.0734. The molecule has 1 aromatic heterocycles. The molecule has 24 heavy (non-hydrogen) atoms. The standard InChI is InChI=1S/C19H14N2O3/c22-18(14-5-2-1-3-6-14)21-16-8-10-17(11-9-16)24-19(23)15-7-4-12-20-13-15/h1-13H,(H,21,22). The summed E-state index contributed by atoms with van der Waals surface area (Å²) in [4.78, 5) is 27.9. The Morgan fingerprint density at radius 2 is 1.54 bits per heavy atom. The predicted octanol–water partition coefficient (Wildman–Crippen LogP) is 3.55. The Balaban J connectivity index is 1.63. The summed E-state index contributed by atoms with van der Waals surface area (Å²) < 4.78 is 5.25. The average Bonchev–Trinajstić information content (AvgIpc) is 2.65. The number of carbonyl (C=O) groups is 2. The highest BCUT2D eigenvalue weighted by Crippen LogP contribution is 2.17. The van der Waals surface area contributed by atoms with E-state index in [1.54, 1.807) is 66.9 Å². The maximum atomic E-state index is 12.1. The van der Waals surface area contributed by atoms with Crippen LogP contribution in [0.2, 0.25) is 0 Å². The predicted molar refractivity (Wildman–Crippen MR) is 90.0 cm³/mol. The van der Waals surface area contributed by atoms with Crippen LogP contribution in [0.5, 0.6) is 5.75 Å². The zero-order valence-electron chi connectivity index (χ0n) is 12.7. The number of nitrogens with one attached hydrogen (secondary N) is 1. The summed E-state index contributed by atoms with van der Waals surface area (Å²) in [5, 5.41) is 2.78. The van der Waals surface area contributed by atoms with Gasteiger partial charge in [-0.05, 0) is 48.5 Å². The smallest absolute Gasteiger partial charge is 0.345 e. The Labute approximate surface area is 138 Å². The van der Waals surface area contributed by atoms with Gasteiger partial charge < -0.3 is 10.1 Å². The number of benzene rings is 2. The monoisotopic (exact) mass is 318 g/mol. The Morgan fingerprint density at radius 1 is 0.833 bits per heavy atom. The number of carbonyl (C=O) groups excluding carboxylic acids is 2.